The van der Waals surface area contributed by atoms with Crippen LogP contribution in [0.4, 0.5) is 5.69 Å². The Hall–Kier alpha value is -2.49. The van der Waals surface area contributed by atoms with Crippen LogP contribution in [-0.2, 0) is 27.8 Å². The lowest BCUT2D eigenvalue weighted by Gasteiger charge is -2.34. The number of nitro benzene ring substituents is 1. The lowest BCUT2D eigenvalue weighted by atomic mass is 9.95. The number of halogens is 1. The van der Waals surface area contributed by atoms with Gasteiger partial charge in [0.25, 0.3) is 5.69 Å². The minimum absolute atomic E-state index is 0.00693. The largest absolute Gasteiger partial charge is 0.358 e. The maximum atomic E-state index is 13.2. The second-order valence-corrected chi connectivity index (χ2v) is 8.32. The Morgan fingerprint density at radius 2 is 1.93 bits per heavy atom. The molecule has 1 aliphatic rings. The first-order valence-corrected chi connectivity index (χ1v) is 9.81. The number of amides is 1. The van der Waals surface area contributed by atoms with E-state index in [0.29, 0.717) is 0 Å². The number of nitrogens with one attached hydrogen (secondary N) is 1. The van der Waals surface area contributed by atoms with Crippen LogP contribution in [0.3, 0.4) is 0 Å². The van der Waals surface area contributed by atoms with E-state index >= 15 is 0 Å². The predicted octanol–water partition coefficient (Wildman–Crippen LogP) is 2.11. The fourth-order valence-electron chi connectivity index (χ4n) is 3.07. The van der Waals surface area contributed by atoms with E-state index in [2.05, 4.69) is 5.32 Å². The van der Waals surface area contributed by atoms with Crippen LogP contribution in [0.5, 0.6) is 0 Å². The first-order chi connectivity index (χ1) is 12.8. The summed E-state index contributed by atoms with van der Waals surface area (Å²) < 4.78 is 27.5. The number of likely N-dealkylation sites (N-methyl/N-ethyl adjacent to an activating group) is 1. The SMILES string of the molecule is CNC(=O)[C@@H]1Cc2ccccc2CN1S(=O)(=O)c1ccc(Cl)c([N+](=O)[O-])c1. The first kappa shape index (κ1) is 19.3. The molecule has 0 saturated heterocycles. The van der Waals surface area contributed by atoms with Crippen LogP contribution in [0.2, 0.25) is 5.02 Å². The van der Waals surface area contributed by atoms with Gasteiger partial charge in [-0.2, -0.15) is 4.31 Å². The van der Waals surface area contributed by atoms with Crippen molar-refractivity contribution < 1.29 is 18.1 Å². The summed E-state index contributed by atoms with van der Waals surface area (Å²) in [7, 11) is -2.74. The Morgan fingerprint density at radius 1 is 1.26 bits per heavy atom. The molecule has 1 aliphatic heterocycles. The van der Waals surface area contributed by atoms with E-state index in [-0.39, 0.29) is 22.9 Å². The molecule has 0 aliphatic carbocycles. The number of fused-ring (bicyclic) bond motifs is 1. The molecule has 1 atom stereocenters. The van der Waals surface area contributed by atoms with Gasteiger partial charge in [-0.1, -0.05) is 35.9 Å². The highest BCUT2D eigenvalue weighted by molar-refractivity contribution is 7.89. The summed E-state index contributed by atoms with van der Waals surface area (Å²) in [6.07, 6.45) is 0.213. The van der Waals surface area contributed by atoms with Gasteiger partial charge in [-0.15, -0.1) is 0 Å². The van der Waals surface area contributed by atoms with Gasteiger partial charge in [0, 0.05) is 19.7 Å². The highest BCUT2D eigenvalue weighted by Crippen LogP contribution is 2.32. The quantitative estimate of drug-likeness (QED) is 0.614. The molecule has 0 bridgehead atoms. The third-order valence-electron chi connectivity index (χ3n) is 4.48. The van der Waals surface area contributed by atoms with Crippen LogP contribution in [-0.4, -0.2) is 36.6 Å². The van der Waals surface area contributed by atoms with Crippen molar-refractivity contribution in [1.82, 2.24) is 9.62 Å². The summed E-state index contributed by atoms with van der Waals surface area (Å²) in [5.41, 5.74) is 1.16. The molecule has 0 radical (unpaired) electrons. The zero-order chi connectivity index (χ0) is 19.8. The van der Waals surface area contributed by atoms with Crippen molar-refractivity contribution in [2.45, 2.75) is 23.9 Å². The number of hydrogen-bond donors (Lipinski definition) is 1. The fraction of sp³-hybridized carbons (Fsp3) is 0.235. The summed E-state index contributed by atoms with van der Waals surface area (Å²) in [6.45, 7) is -0.00693. The van der Waals surface area contributed by atoms with Crippen LogP contribution in [0.25, 0.3) is 0 Å². The Kier molecular flexibility index (Phi) is 5.18. The van der Waals surface area contributed by atoms with E-state index in [9.17, 15) is 23.3 Å². The second-order valence-electron chi connectivity index (χ2n) is 6.02. The molecule has 2 aromatic rings. The van der Waals surface area contributed by atoms with Crippen molar-refractivity contribution in [2.75, 3.05) is 7.05 Å². The monoisotopic (exact) mass is 409 g/mol. The molecule has 0 unspecified atom stereocenters. The standard InChI is InChI=1S/C17H16ClN3O5S/c1-19-17(22)16-8-11-4-2-3-5-12(11)10-20(16)27(25,26)13-6-7-14(18)15(9-13)21(23)24/h2-7,9,16H,8,10H2,1H3,(H,19,22)/t16-/m0/s1. The van der Waals surface area contributed by atoms with Crippen molar-refractivity contribution in [2.24, 2.45) is 0 Å². The maximum Gasteiger partial charge on any atom is 0.289 e. The van der Waals surface area contributed by atoms with Crippen molar-refractivity contribution in [3.63, 3.8) is 0 Å². The van der Waals surface area contributed by atoms with Crippen LogP contribution >= 0.6 is 11.6 Å². The third-order valence-corrected chi connectivity index (χ3v) is 6.65. The van der Waals surface area contributed by atoms with Gasteiger partial charge < -0.3 is 5.32 Å². The normalized spacial score (nSPS) is 17.2. The lowest BCUT2D eigenvalue weighted by Crippen LogP contribution is -2.51. The number of benzene rings is 2. The van der Waals surface area contributed by atoms with E-state index in [1.807, 2.05) is 12.1 Å². The molecule has 1 amide bonds. The average molecular weight is 410 g/mol. The van der Waals surface area contributed by atoms with Crippen LogP contribution in [0.15, 0.2) is 47.4 Å². The van der Waals surface area contributed by atoms with E-state index < -0.39 is 32.6 Å². The number of carbonyl (C=O) groups is 1. The first-order valence-electron chi connectivity index (χ1n) is 8.00. The molecule has 1 N–H and O–H groups in total. The topological polar surface area (TPSA) is 110 Å². The third kappa shape index (κ3) is 3.53. The minimum atomic E-state index is -4.17. The lowest BCUT2D eigenvalue weighted by molar-refractivity contribution is -0.384. The summed E-state index contributed by atoms with van der Waals surface area (Å²) in [4.78, 5) is 22.4. The Bertz CT molecular complexity index is 1020. The van der Waals surface area contributed by atoms with Gasteiger partial charge in [-0.25, -0.2) is 8.42 Å². The highest BCUT2D eigenvalue weighted by Gasteiger charge is 2.39. The minimum Gasteiger partial charge on any atom is -0.358 e. The maximum absolute atomic E-state index is 13.2. The van der Waals surface area contributed by atoms with Crippen molar-refractivity contribution in [1.29, 1.82) is 0 Å². The Morgan fingerprint density at radius 3 is 2.56 bits per heavy atom. The van der Waals surface area contributed by atoms with Crippen molar-refractivity contribution in [3.8, 4) is 0 Å². The molecule has 0 spiro atoms. The zero-order valence-corrected chi connectivity index (χ0v) is 15.8. The highest BCUT2D eigenvalue weighted by atomic mass is 35.5. The zero-order valence-electron chi connectivity index (χ0n) is 14.3. The molecule has 142 valence electrons. The van der Waals surface area contributed by atoms with Crippen LogP contribution in [0, 0.1) is 10.1 Å². The molecule has 2 aromatic carbocycles. The van der Waals surface area contributed by atoms with Crippen LogP contribution in [0.1, 0.15) is 11.1 Å². The molecule has 0 aromatic heterocycles. The van der Waals surface area contributed by atoms with Gasteiger partial charge in [0.2, 0.25) is 15.9 Å². The van der Waals surface area contributed by atoms with Gasteiger partial charge in [0.15, 0.2) is 0 Å². The second kappa shape index (κ2) is 7.26. The summed E-state index contributed by atoms with van der Waals surface area (Å²) in [5.74, 6) is -0.448. The summed E-state index contributed by atoms with van der Waals surface area (Å²) >= 11 is 5.78. The molecule has 10 heteroatoms. The van der Waals surface area contributed by atoms with Gasteiger partial charge in [0.1, 0.15) is 11.1 Å². The van der Waals surface area contributed by atoms with Crippen molar-refractivity contribution in [3.05, 3.63) is 68.7 Å². The molecule has 0 saturated carbocycles. The predicted molar refractivity (Wildman–Crippen MR) is 98.8 cm³/mol. The number of nitro groups is 1. The number of sulfonamides is 1. The van der Waals surface area contributed by atoms with Gasteiger partial charge in [-0.3, -0.25) is 14.9 Å². The molecule has 3 rings (SSSR count). The van der Waals surface area contributed by atoms with E-state index in [0.717, 1.165) is 21.5 Å². The van der Waals surface area contributed by atoms with Gasteiger partial charge in [0.05, 0.1) is 9.82 Å². The molecule has 27 heavy (non-hydrogen) atoms. The van der Waals surface area contributed by atoms with E-state index in [1.54, 1.807) is 12.1 Å². The van der Waals surface area contributed by atoms with E-state index in [1.165, 1.54) is 19.2 Å². The molecule has 0 fully saturated rings. The Labute approximate surface area is 160 Å². The van der Waals surface area contributed by atoms with Crippen molar-refractivity contribution >= 4 is 33.2 Å². The molecular weight excluding hydrogens is 394 g/mol. The van der Waals surface area contributed by atoms with Crippen LogP contribution < -0.4 is 5.32 Å². The van der Waals surface area contributed by atoms with Gasteiger partial charge >= 0.3 is 0 Å². The fourth-order valence-corrected chi connectivity index (χ4v) is 4.84. The molecule has 1 heterocycles. The Balaban J connectivity index is 2.10. The average Bonchev–Trinajstić information content (AvgIpc) is 2.66. The number of rotatable bonds is 4. The smallest absolute Gasteiger partial charge is 0.289 e. The number of nitrogens with zero attached hydrogens (tertiary/aromatic N) is 2. The molecular formula is C17H16ClN3O5S. The van der Waals surface area contributed by atoms with Gasteiger partial charge in [-0.05, 0) is 29.7 Å². The molecule has 8 nitrogen and oxygen atoms in total. The summed E-state index contributed by atoms with van der Waals surface area (Å²) in [6, 6.07) is 9.59. The number of carbonyl (C=O) groups excluding carboxylic acids is 1. The summed E-state index contributed by atoms with van der Waals surface area (Å²) in [5, 5.41) is 13.4. The number of hydrogen-bond acceptors (Lipinski definition) is 5. The van der Waals surface area contributed by atoms with E-state index in [4.69, 9.17) is 11.6 Å².